The van der Waals surface area contributed by atoms with Crippen molar-refractivity contribution >= 4 is 17.2 Å². The minimum atomic E-state index is -0.145. The smallest absolute Gasteiger partial charge is 0.178 e. The van der Waals surface area contributed by atoms with Crippen LogP contribution in [-0.2, 0) is 13.0 Å². The molecule has 0 unspecified atom stereocenters. The average molecular weight is 253 g/mol. The summed E-state index contributed by atoms with van der Waals surface area (Å²) in [7, 11) is 0. The Labute approximate surface area is 104 Å². The van der Waals surface area contributed by atoms with Crippen molar-refractivity contribution < 1.29 is 5.11 Å². The number of aromatic nitrogens is 3. The van der Waals surface area contributed by atoms with Gasteiger partial charge in [-0.05, 0) is 12.8 Å². The molecule has 0 radical (unpaired) electrons. The van der Waals surface area contributed by atoms with Gasteiger partial charge in [0, 0.05) is 13.0 Å². The summed E-state index contributed by atoms with van der Waals surface area (Å²) in [6.45, 7) is 0.790. The fourth-order valence-electron chi connectivity index (χ4n) is 1.98. The Morgan fingerprint density at radius 2 is 2.24 bits per heavy atom. The van der Waals surface area contributed by atoms with Gasteiger partial charge in [0.25, 0.3) is 0 Å². The second kappa shape index (κ2) is 5.19. The van der Waals surface area contributed by atoms with E-state index in [4.69, 9.17) is 16.9 Å². The highest BCUT2D eigenvalue weighted by atomic mass is 35.5. The van der Waals surface area contributed by atoms with Crippen LogP contribution >= 0.6 is 11.6 Å². The number of hydrogen-bond donors (Lipinski definition) is 1. The summed E-state index contributed by atoms with van der Waals surface area (Å²) >= 11 is 5.54. The zero-order chi connectivity index (χ0) is 12.3. The largest absolute Gasteiger partial charge is 0.510 e. The van der Waals surface area contributed by atoms with E-state index in [0.29, 0.717) is 5.82 Å². The number of aryl methyl sites for hydroxylation is 1. The van der Waals surface area contributed by atoms with Gasteiger partial charge in [-0.1, -0.05) is 6.42 Å². The molecule has 90 valence electrons. The van der Waals surface area contributed by atoms with Crippen molar-refractivity contribution in [1.29, 1.82) is 5.26 Å². The third-order valence-electron chi connectivity index (χ3n) is 2.86. The van der Waals surface area contributed by atoms with Crippen LogP contribution in [0.2, 0.25) is 0 Å². The first-order valence-electron chi connectivity index (χ1n) is 5.58. The van der Waals surface area contributed by atoms with E-state index in [1.807, 2.05) is 10.6 Å². The van der Waals surface area contributed by atoms with Gasteiger partial charge >= 0.3 is 0 Å². The lowest BCUT2D eigenvalue weighted by atomic mass is 10.2. The van der Waals surface area contributed by atoms with Crippen LogP contribution in [0.25, 0.3) is 5.57 Å². The fourth-order valence-corrected chi connectivity index (χ4v) is 2.11. The Bertz CT molecular complexity index is 486. The number of hydrogen-bond acceptors (Lipinski definition) is 4. The van der Waals surface area contributed by atoms with Crippen molar-refractivity contribution in [3.63, 3.8) is 0 Å². The van der Waals surface area contributed by atoms with E-state index in [1.165, 1.54) is 0 Å². The fraction of sp³-hybridized carbons (Fsp3) is 0.545. The molecule has 6 heteroatoms. The molecule has 0 fully saturated rings. The summed E-state index contributed by atoms with van der Waals surface area (Å²) in [5.74, 6) is 1.08. The quantitative estimate of drug-likeness (QED) is 0.497. The second-order valence-corrected chi connectivity index (χ2v) is 4.24. The van der Waals surface area contributed by atoms with Crippen LogP contribution in [-0.4, -0.2) is 25.8 Å². The summed E-state index contributed by atoms with van der Waals surface area (Å²) in [5, 5.41) is 26.7. The molecule has 1 aliphatic heterocycles. The first-order valence-corrected chi connectivity index (χ1v) is 6.12. The molecule has 0 spiro atoms. The maximum absolute atomic E-state index is 9.61. The third kappa shape index (κ3) is 2.27. The zero-order valence-corrected chi connectivity index (χ0v) is 10.1. The molecule has 1 N–H and O–H groups in total. The Balaban J connectivity index is 2.47. The number of aliphatic hydroxyl groups is 1. The van der Waals surface area contributed by atoms with E-state index in [9.17, 15) is 5.11 Å². The molecule has 2 heterocycles. The highest BCUT2D eigenvalue weighted by Crippen LogP contribution is 2.21. The maximum atomic E-state index is 9.61. The highest BCUT2D eigenvalue weighted by molar-refractivity contribution is 6.19. The van der Waals surface area contributed by atoms with Crippen LogP contribution in [0, 0.1) is 11.3 Å². The molecule has 17 heavy (non-hydrogen) atoms. The zero-order valence-electron chi connectivity index (χ0n) is 9.36. The number of halogens is 1. The molecule has 0 saturated heterocycles. The van der Waals surface area contributed by atoms with Gasteiger partial charge in [-0.2, -0.15) is 5.26 Å². The lowest BCUT2D eigenvalue weighted by molar-refractivity contribution is 0.419. The molecular formula is C11H13ClN4O. The number of aliphatic hydroxyl groups excluding tert-OH is 1. The molecule has 0 aliphatic carbocycles. The molecule has 2 rings (SSSR count). The van der Waals surface area contributed by atoms with E-state index in [-0.39, 0.29) is 17.2 Å². The van der Waals surface area contributed by atoms with Gasteiger partial charge in [0.1, 0.15) is 23.2 Å². The standard InChI is InChI=1S/C11H13ClN4O/c12-6-9(17)8(7-13)11-15-14-10-4-2-1-3-5-16(10)11/h17H,1-6H2. The molecule has 5 nitrogen and oxygen atoms in total. The van der Waals surface area contributed by atoms with Crippen LogP contribution < -0.4 is 0 Å². The van der Waals surface area contributed by atoms with Gasteiger partial charge in [-0.3, -0.25) is 0 Å². The molecule has 1 aromatic heterocycles. The average Bonchev–Trinajstić information content (AvgIpc) is 2.60. The molecule has 0 atom stereocenters. The summed E-state index contributed by atoms with van der Waals surface area (Å²) < 4.78 is 1.91. The Kier molecular flexibility index (Phi) is 3.64. The maximum Gasteiger partial charge on any atom is 0.178 e. The van der Waals surface area contributed by atoms with Gasteiger partial charge in [-0.15, -0.1) is 21.8 Å². The molecule has 0 bridgehead atoms. The number of nitriles is 1. The predicted octanol–water partition coefficient (Wildman–Crippen LogP) is 2.04. The molecule has 0 aromatic carbocycles. The van der Waals surface area contributed by atoms with Crippen LogP contribution in [0.3, 0.4) is 0 Å². The molecule has 1 aromatic rings. The van der Waals surface area contributed by atoms with Crippen LogP contribution in [0.5, 0.6) is 0 Å². The number of fused-ring (bicyclic) bond motifs is 1. The van der Waals surface area contributed by atoms with Gasteiger partial charge in [-0.25, -0.2) is 0 Å². The molecule has 0 amide bonds. The Hall–Kier alpha value is -1.54. The van der Waals surface area contributed by atoms with E-state index in [1.54, 1.807) is 0 Å². The predicted molar refractivity (Wildman–Crippen MR) is 63.5 cm³/mol. The van der Waals surface area contributed by atoms with E-state index in [0.717, 1.165) is 38.1 Å². The summed E-state index contributed by atoms with van der Waals surface area (Å²) in [4.78, 5) is 0. The topological polar surface area (TPSA) is 74.7 Å². The minimum Gasteiger partial charge on any atom is -0.510 e. The van der Waals surface area contributed by atoms with Crippen LogP contribution in [0.15, 0.2) is 5.76 Å². The minimum absolute atomic E-state index is 0.0922. The van der Waals surface area contributed by atoms with Crippen molar-refractivity contribution in [2.45, 2.75) is 32.2 Å². The highest BCUT2D eigenvalue weighted by Gasteiger charge is 2.19. The molecule has 1 aliphatic rings. The molecule has 0 saturated carbocycles. The van der Waals surface area contributed by atoms with E-state index < -0.39 is 0 Å². The summed E-state index contributed by atoms with van der Waals surface area (Å²) in [5.41, 5.74) is 0.126. The van der Waals surface area contributed by atoms with Crippen molar-refractivity contribution in [1.82, 2.24) is 14.8 Å². The Morgan fingerprint density at radius 1 is 1.41 bits per heavy atom. The lowest BCUT2D eigenvalue weighted by Gasteiger charge is -2.06. The van der Waals surface area contributed by atoms with E-state index in [2.05, 4.69) is 10.2 Å². The summed E-state index contributed by atoms with van der Waals surface area (Å²) in [6.07, 6.45) is 4.15. The van der Waals surface area contributed by atoms with Crippen LogP contribution in [0.1, 0.15) is 30.9 Å². The van der Waals surface area contributed by atoms with Gasteiger partial charge < -0.3 is 9.67 Å². The first-order chi connectivity index (χ1) is 8.27. The van der Waals surface area contributed by atoms with Gasteiger partial charge in [0.05, 0.1) is 5.88 Å². The van der Waals surface area contributed by atoms with Gasteiger partial charge in [0.2, 0.25) is 0 Å². The molecular weight excluding hydrogens is 240 g/mol. The Morgan fingerprint density at radius 3 is 2.94 bits per heavy atom. The monoisotopic (exact) mass is 252 g/mol. The van der Waals surface area contributed by atoms with Gasteiger partial charge in [0.15, 0.2) is 5.82 Å². The number of nitrogens with zero attached hydrogens (tertiary/aromatic N) is 4. The van der Waals surface area contributed by atoms with Crippen molar-refractivity contribution in [3.05, 3.63) is 17.4 Å². The van der Waals surface area contributed by atoms with Crippen LogP contribution in [0.4, 0.5) is 0 Å². The van der Waals surface area contributed by atoms with E-state index >= 15 is 0 Å². The SMILES string of the molecule is N#CC(=C(O)CCl)c1nnc2n1CCCCC2. The number of alkyl halides is 1. The van der Waals surface area contributed by atoms with Crippen molar-refractivity contribution in [2.24, 2.45) is 0 Å². The third-order valence-corrected chi connectivity index (χ3v) is 3.11. The summed E-state index contributed by atoms with van der Waals surface area (Å²) in [6, 6.07) is 1.95. The van der Waals surface area contributed by atoms with Crippen molar-refractivity contribution in [2.75, 3.05) is 5.88 Å². The van der Waals surface area contributed by atoms with Crippen molar-refractivity contribution in [3.8, 4) is 6.07 Å². The second-order valence-electron chi connectivity index (χ2n) is 3.97. The number of allylic oxidation sites excluding steroid dienone is 2. The first kappa shape index (κ1) is 11.9. The normalized spacial score (nSPS) is 16.7. The lowest BCUT2D eigenvalue weighted by Crippen LogP contribution is -2.06. The number of rotatable bonds is 2.